The summed E-state index contributed by atoms with van der Waals surface area (Å²) in [5.41, 5.74) is 6.41. The molecule has 23 heavy (non-hydrogen) atoms. The van der Waals surface area contributed by atoms with Crippen LogP contribution < -0.4 is 10.9 Å². The van der Waals surface area contributed by atoms with Crippen molar-refractivity contribution in [3.8, 4) is 0 Å². The Labute approximate surface area is 141 Å². The van der Waals surface area contributed by atoms with Crippen LogP contribution in [0.3, 0.4) is 0 Å². The van der Waals surface area contributed by atoms with E-state index in [9.17, 15) is 9.18 Å². The molecule has 0 aliphatic rings. The van der Waals surface area contributed by atoms with Crippen LogP contribution in [0.25, 0.3) is 15.8 Å². The Morgan fingerprint density at radius 3 is 2.48 bits per heavy atom. The van der Waals surface area contributed by atoms with Gasteiger partial charge in [0.1, 0.15) is 10.7 Å². The molecule has 1 amide bonds. The van der Waals surface area contributed by atoms with E-state index in [1.165, 1.54) is 23.5 Å². The van der Waals surface area contributed by atoms with Gasteiger partial charge in [0.2, 0.25) is 0 Å². The van der Waals surface area contributed by atoms with Gasteiger partial charge in [0.15, 0.2) is 0 Å². The fourth-order valence-electron chi connectivity index (χ4n) is 2.07. The van der Waals surface area contributed by atoms with Crippen molar-refractivity contribution in [2.45, 2.75) is 0 Å². The summed E-state index contributed by atoms with van der Waals surface area (Å²) < 4.78 is 13.8. The summed E-state index contributed by atoms with van der Waals surface area (Å²) in [4.78, 5) is 12.7. The van der Waals surface area contributed by atoms with Crippen molar-refractivity contribution in [1.82, 2.24) is 10.9 Å². The molecule has 0 atom stereocenters. The normalized spacial score (nSPS) is 10.5. The number of hydrazine groups is 1. The highest BCUT2D eigenvalue weighted by Crippen LogP contribution is 2.34. The minimum absolute atomic E-state index is 0.331. The predicted octanol–water partition coefficient (Wildman–Crippen LogP) is 4.60. The van der Waals surface area contributed by atoms with Crippen molar-refractivity contribution >= 4 is 44.6 Å². The molecule has 3 aromatic rings. The highest BCUT2D eigenvalue weighted by atomic mass is 35.5. The Balaban J connectivity index is 1.72. The Bertz CT molecular complexity index is 889. The molecule has 0 aliphatic carbocycles. The summed E-state index contributed by atoms with van der Waals surface area (Å²) in [5, 5.41) is 1.28. The van der Waals surface area contributed by atoms with Crippen LogP contribution in [0.2, 0.25) is 5.02 Å². The summed E-state index contributed by atoms with van der Waals surface area (Å²) in [6, 6.07) is 13.3. The van der Waals surface area contributed by atoms with Crippen LogP contribution >= 0.6 is 22.9 Å². The highest BCUT2D eigenvalue weighted by molar-refractivity contribution is 7.21. The maximum Gasteiger partial charge on any atom is 0.281 e. The topological polar surface area (TPSA) is 41.1 Å². The summed E-state index contributed by atoms with van der Waals surface area (Å²) in [7, 11) is 0. The van der Waals surface area contributed by atoms with Gasteiger partial charge in [0.05, 0.1) is 10.7 Å². The maximum atomic E-state index is 12.9. The fourth-order valence-corrected chi connectivity index (χ4v) is 3.48. The van der Waals surface area contributed by atoms with E-state index < -0.39 is 0 Å². The molecule has 0 fully saturated rings. The van der Waals surface area contributed by atoms with Gasteiger partial charge in [0.25, 0.3) is 5.91 Å². The number of rotatable bonds is 4. The standard InChI is InChI=1S/C17H12ClFN2OS/c1-10(11-6-8-12(19)9-7-11)20-21-17(22)16-15(18)13-4-2-3-5-14(13)23-16/h2-9,20H,1H2,(H,21,22). The molecule has 2 N–H and O–H groups in total. The molecule has 116 valence electrons. The lowest BCUT2D eigenvalue weighted by Gasteiger charge is -2.10. The van der Waals surface area contributed by atoms with Crippen molar-refractivity contribution in [2.75, 3.05) is 0 Å². The number of fused-ring (bicyclic) bond motifs is 1. The van der Waals surface area contributed by atoms with Crippen molar-refractivity contribution in [3.63, 3.8) is 0 Å². The third-order valence-corrected chi connectivity index (χ3v) is 4.93. The van der Waals surface area contributed by atoms with E-state index in [0.717, 1.165) is 10.1 Å². The van der Waals surface area contributed by atoms with Gasteiger partial charge in [-0.1, -0.05) is 36.4 Å². The molecule has 0 aliphatic heterocycles. The van der Waals surface area contributed by atoms with Crippen molar-refractivity contribution in [1.29, 1.82) is 0 Å². The van der Waals surface area contributed by atoms with Gasteiger partial charge < -0.3 is 0 Å². The molecule has 1 heterocycles. The first-order valence-electron chi connectivity index (χ1n) is 6.74. The number of nitrogens with one attached hydrogen (secondary N) is 2. The molecule has 0 saturated heterocycles. The van der Waals surface area contributed by atoms with Crippen LogP contribution in [0.1, 0.15) is 15.2 Å². The zero-order chi connectivity index (χ0) is 16.4. The van der Waals surface area contributed by atoms with Crippen molar-refractivity contribution < 1.29 is 9.18 Å². The van der Waals surface area contributed by atoms with Gasteiger partial charge >= 0.3 is 0 Å². The molecule has 0 bridgehead atoms. The smallest absolute Gasteiger partial charge is 0.281 e. The van der Waals surface area contributed by atoms with Crippen LogP contribution in [-0.2, 0) is 0 Å². The second-order valence-corrected chi connectivity index (χ2v) is 6.24. The summed E-state index contributed by atoms with van der Waals surface area (Å²) in [6.45, 7) is 3.81. The number of thiophene rings is 1. The number of hydrogen-bond donors (Lipinski definition) is 2. The van der Waals surface area contributed by atoms with Gasteiger partial charge in [-0.05, 0) is 35.9 Å². The second kappa shape index (κ2) is 6.40. The van der Waals surface area contributed by atoms with E-state index >= 15 is 0 Å². The molecule has 1 aromatic heterocycles. The molecule has 2 aromatic carbocycles. The lowest BCUT2D eigenvalue weighted by Crippen LogP contribution is -2.35. The van der Waals surface area contributed by atoms with Crippen molar-refractivity contribution in [3.05, 3.63) is 76.4 Å². The molecule has 6 heteroatoms. The van der Waals surface area contributed by atoms with Crippen molar-refractivity contribution in [2.24, 2.45) is 0 Å². The lowest BCUT2D eigenvalue weighted by molar-refractivity contribution is 0.0947. The van der Waals surface area contributed by atoms with Crippen LogP contribution in [0.4, 0.5) is 4.39 Å². The predicted molar refractivity (Wildman–Crippen MR) is 92.9 cm³/mol. The average molecular weight is 347 g/mol. The first-order chi connectivity index (χ1) is 11.1. The third-order valence-electron chi connectivity index (χ3n) is 3.26. The average Bonchev–Trinajstić information content (AvgIpc) is 2.90. The van der Waals surface area contributed by atoms with E-state index in [1.807, 2.05) is 24.3 Å². The van der Waals surface area contributed by atoms with Crippen LogP contribution in [0.5, 0.6) is 0 Å². The molecular formula is C17H12ClFN2OS. The van der Waals surface area contributed by atoms with E-state index in [0.29, 0.717) is 21.2 Å². The van der Waals surface area contributed by atoms with Gasteiger partial charge in [-0.15, -0.1) is 11.3 Å². The molecule has 3 nitrogen and oxygen atoms in total. The highest BCUT2D eigenvalue weighted by Gasteiger charge is 2.16. The summed E-state index contributed by atoms with van der Waals surface area (Å²) in [5.74, 6) is -0.679. The minimum atomic E-state index is -0.348. The zero-order valence-corrected chi connectivity index (χ0v) is 13.5. The summed E-state index contributed by atoms with van der Waals surface area (Å²) >= 11 is 7.58. The zero-order valence-electron chi connectivity index (χ0n) is 11.9. The number of carbonyl (C=O) groups is 1. The first kappa shape index (κ1) is 15.5. The SMILES string of the molecule is C=C(NNC(=O)c1sc2ccccc2c1Cl)c1ccc(F)cc1. The largest absolute Gasteiger partial charge is 0.298 e. The first-order valence-corrected chi connectivity index (χ1v) is 7.94. The third kappa shape index (κ3) is 3.21. The molecule has 3 rings (SSSR count). The van der Waals surface area contributed by atoms with Crippen LogP contribution in [0, 0.1) is 5.82 Å². The number of benzene rings is 2. The molecule has 0 saturated carbocycles. The molecule has 0 radical (unpaired) electrons. The van der Waals surface area contributed by atoms with Gasteiger partial charge in [-0.3, -0.25) is 15.6 Å². The second-order valence-electron chi connectivity index (χ2n) is 4.81. The Morgan fingerprint density at radius 2 is 1.78 bits per heavy atom. The van der Waals surface area contributed by atoms with E-state index in [1.54, 1.807) is 12.1 Å². The fraction of sp³-hybridized carbons (Fsp3) is 0. The maximum absolute atomic E-state index is 12.9. The minimum Gasteiger partial charge on any atom is -0.298 e. The quantitative estimate of drug-likeness (QED) is 0.678. The summed E-state index contributed by atoms with van der Waals surface area (Å²) in [6.07, 6.45) is 0. The molecular weight excluding hydrogens is 335 g/mol. The number of hydrogen-bond acceptors (Lipinski definition) is 3. The Morgan fingerprint density at radius 1 is 1.09 bits per heavy atom. The Hall–Kier alpha value is -2.37. The van der Waals surface area contributed by atoms with Crippen LogP contribution in [-0.4, -0.2) is 5.91 Å². The number of halogens is 2. The van der Waals surface area contributed by atoms with Gasteiger partial charge in [0, 0.05) is 10.1 Å². The molecule has 0 spiro atoms. The van der Waals surface area contributed by atoms with Gasteiger partial charge in [-0.25, -0.2) is 4.39 Å². The lowest BCUT2D eigenvalue weighted by atomic mass is 10.2. The van der Waals surface area contributed by atoms with E-state index in [2.05, 4.69) is 17.4 Å². The van der Waals surface area contributed by atoms with E-state index in [4.69, 9.17) is 11.6 Å². The monoisotopic (exact) mass is 346 g/mol. The Kier molecular flexibility index (Phi) is 4.32. The van der Waals surface area contributed by atoms with E-state index in [-0.39, 0.29) is 11.7 Å². The van der Waals surface area contributed by atoms with Gasteiger partial charge in [-0.2, -0.15) is 0 Å². The number of amides is 1. The number of carbonyl (C=O) groups excluding carboxylic acids is 1. The molecule has 0 unspecified atom stereocenters. The van der Waals surface area contributed by atoms with Crippen LogP contribution in [0.15, 0.2) is 55.1 Å².